The summed E-state index contributed by atoms with van der Waals surface area (Å²) in [6, 6.07) is 11.3. The smallest absolute Gasteiger partial charge is 0.342 e. The molecule has 1 saturated carbocycles. The first-order valence-electron chi connectivity index (χ1n) is 14.7. The summed E-state index contributed by atoms with van der Waals surface area (Å²) in [7, 11) is 0. The van der Waals surface area contributed by atoms with Crippen LogP contribution in [0.25, 0.3) is 21.7 Å². The van der Waals surface area contributed by atoms with E-state index < -0.39 is 5.97 Å². The Morgan fingerprint density at radius 1 is 1.10 bits per heavy atom. The number of piperidine rings is 1. The van der Waals surface area contributed by atoms with Gasteiger partial charge in [0.15, 0.2) is 0 Å². The van der Waals surface area contributed by atoms with Crippen molar-refractivity contribution in [3.63, 3.8) is 0 Å². The fourth-order valence-corrected chi connectivity index (χ4v) is 6.65. The van der Waals surface area contributed by atoms with Crippen LogP contribution in [0.2, 0.25) is 0 Å². The first-order chi connectivity index (χ1) is 19.6. The number of phenols is 1. The van der Waals surface area contributed by atoms with Crippen molar-refractivity contribution in [2.24, 2.45) is 5.92 Å². The molecule has 2 aromatic heterocycles. The highest BCUT2D eigenvalue weighted by atomic mass is 16.5. The molecule has 0 amide bonds. The molecule has 0 radical (unpaired) electrons. The first-order valence-corrected chi connectivity index (χ1v) is 14.7. The molecule has 2 aliphatic rings. The number of benzene rings is 2. The monoisotopic (exact) mass is 542 g/mol. The van der Waals surface area contributed by atoms with Gasteiger partial charge in [-0.25, -0.2) is 9.78 Å². The molecular weight excluding hydrogens is 504 g/mol. The van der Waals surface area contributed by atoms with Crippen molar-refractivity contribution in [1.82, 2.24) is 9.88 Å². The third-order valence-corrected chi connectivity index (χ3v) is 8.56. The van der Waals surface area contributed by atoms with Crippen LogP contribution < -0.4 is 4.74 Å². The number of hydrogen-bond donors (Lipinski definition) is 1. The second kappa shape index (κ2) is 11.5. The molecule has 1 atom stereocenters. The average Bonchev–Trinajstić information content (AvgIpc) is 3.62. The lowest BCUT2D eigenvalue weighted by Gasteiger charge is -2.36. The third kappa shape index (κ3) is 4.92. The molecule has 1 aliphatic carbocycles. The summed E-state index contributed by atoms with van der Waals surface area (Å²) >= 11 is 0. The summed E-state index contributed by atoms with van der Waals surface area (Å²) in [5.41, 5.74) is 2.61. The van der Waals surface area contributed by atoms with Gasteiger partial charge in [0.25, 0.3) is 0 Å². The molecule has 1 unspecified atom stereocenters. The second-order valence-corrected chi connectivity index (χ2v) is 11.2. The number of likely N-dealkylation sites (tertiary alicyclic amines) is 1. The van der Waals surface area contributed by atoms with Gasteiger partial charge in [-0.3, -0.25) is 4.90 Å². The van der Waals surface area contributed by atoms with Crippen molar-refractivity contribution in [3.05, 3.63) is 65.0 Å². The number of hydrogen-bond acceptors (Lipinski definition) is 7. The summed E-state index contributed by atoms with van der Waals surface area (Å²) in [4.78, 5) is 20.3. The Balaban J connectivity index is 1.56. The number of aromatic hydroxyl groups is 1. The van der Waals surface area contributed by atoms with E-state index in [2.05, 4.69) is 9.88 Å². The van der Waals surface area contributed by atoms with Gasteiger partial charge in [0.2, 0.25) is 5.88 Å². The molecule has 6 rings (SSSR count). The average molecular weight is 543 g/mol. The van der Waals surface area contributed by atoms with Crippen LogP contribution in [0.4, 0.5) is 0 Å². The molecule has 4 aromatic rings. The van der Waals surface area contributed by atoms with Gasteiger partial charge in [-0.2, -0.15) is 0 Å². The normalized spacial score (nSPS) is 17.4. The quantitative estimate of drug-likeness (QED) is 0.234. The van der Waals surface area contributed by atoms with Crippen molar-refractivity contribution in [1.29, 1.82) is 0 Å². The lowest BCUT2D eigenvalue weighted by Crippen LogP contribution is -2.34. The van der Waals surface area contributed by atoms with Gasteiger partial charge >= 0.3 is 5.97 Å². The number of phenolic OH excluding ortho intramolecular Hbond substituents is 1. The number of ether oxygens (including phenoxy) is 2. The highest BCUT2D eigenvalue weighted by Crippen LogP contribution is 2.48. The number of rotatable bonds is 8. The minimum absolute atomic E-state index is 0.162. The topological polar surface area (TPSA) is 85.0 Å². The third-order valence-electron chi connectivity index (χ3n) is 8.56. The molecule has 7 heteroatoms. The van der Waals surface area contributed by atoms with E-state index in [1.165, 1.54) is 32.1 Å². The van der Waals surface area contributed by atoms with Crippen LogP contribution in [-0.4, -0.2) is 47.3 Å². The van der Waals surface area contributed by atoms with Gasteiger partial charge < -0.3 is 19.0 Å². The molecule has 3 heterocycles. The Labute approximate surface area is 235 Å². The van der Waals surface area contributed by atoms with E-state index in [-0.39, 0.29) is 18.4 Å². The zero-order valence-corrected chi connectivity index (χ0v) is 23.4. The van der Waals surface area contributed by atoms with Crippen molar-refractivity contribution >= 4 is 27.7 Å². The van der Waals surface area contributed by atoms with Crippen molar-refractivity contribution in [3.8, 4) is 11.6 Å². The van der Waals surface area contributed by atoms with Gasteiger partial charge in [0.05, 0.1) is 19.3 Å². The van der Waals surface area contributed by atoms with E-state index in [4.69, 9.17) is 13.9 Å². The van der Waals surface area contributed by atoms with Crippen molar-refractivity contribution in [2.75, 3.05) is 26.3 Å². The van der Waals surface area contributed by atoms with Crippen LogP contribution in [0.15, 0.2) is 47.0 Å². The number of furan rings is 1. The summed E-state index contributed by atoms with van der Waals surface area (Å²) in [6.07, 6.45) is 10.0. The number of carbonyl (C=O) groups is 1. The SMILES string of the molecule is CCOC(=O)c1c(C)oc2c1c(C(c1ccnc(OCC3CCCC3)c1)N1CCCCC1)c(O)c1ccccc12. The minimum atomic E-state index is -0.442. The van der Waals surface area contributed by atoms with Crippen LogP contribution in [0.5, 0.6) is 11.6 Å². The molecular formula is C33H38N2O5. The number of carbonyl (C=O) groups excluding carboxylic acids is 1. The number of fused-ring (bicyclic) bond motifs is 3. The van der Waals surface area contributed by atoms with Crippen LogP contribution in [0.1, 0.15) is 85.2 Å². The lowest BCUT2D eigenvalue weighted by atomic mass is 9.88. The molecule has 2 aromatic carbocycles. The van der Waals surface area contributed by atoms with Gasteiger partial charge in [0.1, 0.15) is 22.7 Å². The molecule has 210 valence electrons. The Hall–Kier alpha value is -3.58. The predicted molar refractivity (Wildman–Crippen MR) is 155 cm³/mol. The Morgan fingerprint density at radius 2 is 1.85 bits per heavy atom. The van der Waals surface area contributed by atoms with Gasteiger partial charge in [-0.1, -0.05) is 43.5 Å². The summed E-state index contributed by atoms with van der Waals surface area (Å²) in [5, 5.41) is 14.1. The van der Waals surface area contributed by atoms with Crippen LogP contribution in [-0.2, 0) is 4.74 Å². The molecule has 40 heavy (non-hydrogen) atoms. The number of pyridine rings is 1. The van der Waals surface area contributed by atoms with Gasteiger partial charge in [-0.15, -0.1) is 0 Å². The standard InChI is InChI=1S/C33H38N2O5/c1-3-38-33(37)27-21(2)40-32-25-14-8-7-13-24(25)31(36)29(28(27)32)30(35-17-9-4-10-18-35)23-15-16-34-26(19-23)39-20-22-11-5-6-12-22/h7-8,13-16,19,22,30,36H,3-6,9-12,17-18,20H2,1-2H3. The van der Waals surface area contributed by atoms with Crippen LogP contribution in [0.3, 0.4) is 0 Å². The molecule has 0 bridgehead atoms. The fourth-order valence-electron chi connectivity index (χ4n) is 6.65. The lowest BCUT2D eigenvalue weighted by molar-refractivity contribution is 0.0526. The molecule has 1 N–H and O–H groups in total. The maximum Gasteiger partial charge on any atom is 0.342 e. The van der Waals surface area contributed by atoms with Crippen LogP contribution >= 0.6 is 0 Å². The zero-order chi connectivity index (χ0) is 27.6. The molecule has 1 saturated heterocycles. The Kier molecular flexibility index (Phi) is 7.65. The summed E-state index contributed by atoms with van der Waals surface area (Å²) in [5.74, 6) is 1.38. The van der Waals surface area contributed by atoms with Crippen LogP contribution in [0, 0.1) is 12.8 Å². The number of nitrogens with zero attached hydrogens (tertiary/aromatic N) is 2. The first kappa shape index (κ1) is 26.6. The van der Waals surface area contributed by atoms with E-state index in [0.29, 0.717) is 51.6 Å². The summed E-state index contributed by atoms with van der Waals surface area (Å²) < 4.78 is 18.0. The van der Waals surface area contributed by atoms with Gasteiger partial charge in [-0.05, 0) is 70.2 Å². The summed E-state index contributed by atoms with van der Waals surface area (Å²) in [6.45, 7) is 6.27. The Morgan fingerprint density at radius 3 is 2.60 bits per heavy atom. The minimum Gasteiger partial charge on any atom is -0.507 e. The second-order valence-electron chi connectivity index (χ2n) is 11.2. The Bertz CT molecular complexity index is 1510. The maximum absolute atomic E-state index is 13.3. The molecule has 2 fully saturated rings. The van der Waals surface area contributed by atoms with Crippen molar-refractivity contribution in [2.45, 2.75) is 64.8 Å². The van der Waals surface area contributed by atoms with Gasteiger partial charge in [0, 0.05) is 34.0 Å². The van der Waals surface area contributed by atoms with E-state index in [1.807, 2.05) is 36.4 Å². The highest BCUT2D eigenvalue weighted by molar-refractivity contribution is 6.16. The molecule has 0 spiro atoms. The van der Waals surface area contributed by atoms with E-state index in [0.717, 1.165) is 36.9 Å². The maximum atomic E-state index is 13.3. The number of esters is 1. The number of aromatic nitrogens is 1. The van der Waals surface area contributed by atoms with E-state index in [9.17, 15) is 9.90 Å². The fraction of sp³-hybridized carbons (Fsp3) is 0.455. The van der Waals surface area contributed by atoms with E-state index >= 15 is 0 Å². The zero-order valence-electron chi connectivity index (χ0n) is 23.4. The molecule has 1 aliphatic heterocycles. The largest absolute Gasteiger partial charge is 0.507 e. The predicted octanol–water partition coefficient (Wildman–Crippen LogP) is 7.32. The number of aryl methyl sites for hydroxylation is 1. The van der Waals surface area contributed by atoms with Crippen molar-refractivity contribution < 1.29 is 23.8 Å². The highest BCUT2D eigenvalue weighted by Gasteiger charge is 2.34. The van der Waals surface area contributed by atoms with E-state index in [1.54, 1.807) is 20.0 Å². The molecule has 7 nitrogen and oxygen atoms in total.